The van der Waals surface area contributed by atoms with Crippen molar-refractivity contribution < 1.29 is 19.2 Å². The van der Waals surface area contributed by atoms with E-state index in [-0.39, 0.29) is 23.0 Å². The Hall–Kier alpha value is -3.11. The molecule has 152 valence electrons. The molecule has 10 heteroatoms. The number of carbonyl (C=O) groups is 1. The van der Waals surface area contributed by atoms with E-state index in [4.69, 9.17) is 9.47 Å². The number of nitro benzene ring substituents is 1. The van der Waals surface area contributed by atoms with E-state index in [0.29, 0.717) is 24.1 Å². The van der Waals surface area contributed by atoms with Gasteiger partial charge in [0.05, 0.1) is 41.1 Å². The number of imidazole rings is 1. The lowest BCUT2D eigenvalue weighted by molar-refractivity contribution is -0.384. The summed E-state index contributed by atoms with van der Waals surface area (Å²) in [6, 6.07) is 11.8. The van der Waals surface area contributed by atoms with Crippen LogP contribution in [0.2, 0.25) is 0 Å². The fourth-order valence-electron chi connectivity index (χ4n) is 2.79. The summed E-state index contributed by atoms with van der Waals surface area (Å²) in [7, 11) is 3.07. The number of para-hydroxylation sites is 2. The van der Waals surface area contributed by atoms with Crippen molar-refractivity contribution in [1.82, 2.24) is 9.55 Å². The van der Waals surface area contributed by atoms with E-state index in [1.807, 2.05) is 28.8 Å². The number of thioether (sulfide) groups is 1. The first-order valence-corrected chi connectivity index (χ1v) is 9.71. The van der Waals surface area contributed by atoms with Crippen LogP contribution in [0.15, 0.2) is 47.6 Å². The zero-order chi connectivity index (χ0) is 20.8. The Morgan fingerprint density at radius 2 is 2.07 bits per heavy atom. The molecule has 0 aliphatic rings. The maximum absolute atomic E-state index is 12.5. The minimum atomic E-state index is -0.526. The molecule has 1 amide bonds. The number of benzene rings is 2. The van der Waals surface area contributed by atoms with Crippen LogP contribution in [0.25, 0.3) is 11.0 Å². The van der Waals surface area contributed by atoms with Gasteiger partial charge in [-0.05, 0) is 18.2 Å². The Balaban J connectivity index is 1.74. The normalized spacial score (nSPS) is 10.8. The predicted octanol–water partition coefficient (Wildman–Crippen LogP) is 3.33. The van der Waals surface area contributed by atoms with Crippen LogP contribution in [0.4, 0.5) is 11.4 Å². The number of nitrogens with zero attached hydrogens (tertiary/aromatic N) is 3. The third-order valence-corrected chi connectivity index (χ3v) is 5.12. The molecule has 1 aromatic heterocycles. The van der Waals surface area contributed by atoms with Crippen LogP contribution in [-0.4, -0.2) is 47.0 Å². The summed E-state index contributed by atoms with van der Waals surface area (Å²) in [5.41, 5.74) is 1.93. The highest BCUT2D eigenvalue weighted by Gasteiger charge is 2.16. The minimum Gasteiger partial charge on any atom is -0.495 e. The molecule has 0 fully saturated rings. The number of non-ortho nitro benzene ring substituents is 1. The Morgan fingerprint density at radius 1 is 1.28 bits per heavy atom. The van der Waals surface area contributed by atoms with Gasteiger partial charge in [0.15, 0.2) is 5.16 Å². The largest absolute Gasteiger partial charge is 0.495 e. The summed E-state index contributed by atoms with van der Waals surface area (Å²) in [4.78, 5) is 27.5. The van der Waals surface area contributed by atoms with Gasteiger partial charge in [-0.25, -0.2) is 4.98 Å². The Labute approximate surface area is 171 Å². The molecule has 9 nitrogen and oxygen atoms in total. The van der Waals surface area contributed by atoms with E-state index in [1.54, 1.807) is 7.11 Å². The number of hydrogen-bond donors (Lipinski definition) is 1. The highest BCUT2D eigenvalue weighted by Crippen LogP contribution is 2.29. The number of methoxy groups -OCH3 is 2. The molecule has 0 saturated carbocycles. The monoisotopic (exact) mass is 416 g/mol. The van der Waals surface area contributed by atoms with Gasteiger partial charge in [0.2, 0.25) is 5.91 Å². The van der Waals surface area contributed by atoms with Crippen LogP contribution < -0.4 is 10.1 Å². The van der Waals surface area contributed by atoms with Gasteiger partial charge in [0, 0.05) is 25.8 Å². The van der Waals surface area contributed by atoms with Crippen LogP contribution in [-0.2, 0) is 16.1 Å². The molecule has 1 N–H and O–H groups in total. The van der Waals surface area contributed by atoms with Crippen molar-refractivity contribution in [2.45, 2.75) is 11.7 Å². The van der Waals surface area contributed by atoms with Crippen molar-refractivity contribution in [3.8, 4) is 5.75 Å². The van der Waals surface area contributed by atoms with Gasteiger partial charge in [-0.2, -0.15) is 0 Å². The predicted molar refractivity (Wildman–Crippen MR) is 111 cm³/mol. The molecule has 0 unspecified atom stereocenters. The fourth-order valence-corrected chi connectivity index (χ4v) is 3.63. The average molecular weight is 416 g/mol. The quantitative estimate of drug-likeness (QED) is 0.324. The van der Waals surface area contributed by atoms with E-state index in [2.05, 4.69) is 10.3 Å². The van der Waals surface area contributed by atoms with Crippen LogP contribution in [0, 0.1) is 10.1 Å². The van der Waals surface area contributed by atoms with Crippen molar-refractivity contribution in [2.24, 2.45) is 0 Å². The molecule has 2 aromatic carbocycles. The lowest BCUT2D eigenvalue weighted by atomic mass is 10.2. The number of carbonyl (C=O) groups excluding carboxylic acids is 1. The first kappa shape index (κ1) is 20.6. The van der Waals surface area contributed by atoms with Crippen LogP contribution in [0.5, 0.6) is 5.75 Å². The lowest BCUT2D eigenvalue weighted by Crippen LogP contribution is -2.15. The average Bonchev–Trinajstić information content (AvgIpc) is 3.08. The van der Waals surface area contributed by atoms with E-state index in [0.717, 1.165) is 11.0 Å². The number of fused-ring (bicyclic) bond motifs is 1. The van der Waals surface area contributed by atoms with Gasteiger partial charge >= 0.3 is 0 Å². The van der Waals surface area contributed by atoms with Crippen molar-refractivity contribution in [3.05, 3.63) is 52.6 Å². The van der Waals surface area contributed by atoms with Crippen LogP contribution in [0.3, 0.4) is 0 Å². The second-order valence-corrected chi connectivity index (χ2v) is 6.95. The molecule has 0 radical (unpaired) electrons. The van der Waals surface area contributed by atoms with Gasteiger partial charge in [-0.3, -0.25) is 14.9 Å². The van der Waals surface area contributed by atoms with Gasteiger partial charge in [-0.15, -0.1) is 0 Å². The molecular weight excluding hydrogens is 396 g/mol. The molecular formula is C19H20N4O5S. The van der Waals surface area contributed by atoms with Gasteiger partial charge in [0.25, 0.3) is 5.69 Å². The highest BCUT2D eigenvalue weighted by molar-refractivity contribution is 7.99. The Bertz CT molecular complexity index is 1040. The van der Waals surface area contributed by atoms with Gasteiger partial charge in [-0.1, -0.05) is 23.9 Å². The molecule has 0 aliphatic heterocycles. The number of hydrogen-bond acceptors (Lipinski definition) is 7. The summed E-state index contributed by atoms with van der Waals surface area (Å²) < 4.78 is 12.4. The number of amides is 1. The molecule has 0 bridgehead atoms. The highest BCUT2D eigenvalue weighted by atomic mass is 32.2. The van der Waals surface area contributed by atoms with Crippen LogP contribution in [0.1, 0.15) is 0 Å². The molecule has 3 rings (SSSR count). The summed E-state index contributed by atoms with van der Waals surface area (Å²) in [6.07, 6.45) is 0. The molecule has 0 atom stereocenters. The SMILES string of the molecule is COCCn1c(SCC(=O)Nc2cc([N+](=O)[O-])ccc2OC)nc2ccccc21. The van der Waals surface area contributed by atoms with Crippen molar-refractivity contribution in [2.75, 3.05) is 31.9 Å². The maximum Gasteiger partial charge on any atom is 0.271 e. The standard InChI is InChI=1S/C19H20N4O5S/c1-27-10-9-22-16-6-4-3-5-14(16)21-19(22)29-12-18(24)20-15-11-13(23(25)26)7-8-17(15)28-2/h3-8,11H,9-10,12H2,1-2H3,(H,20,24). The van der Waals surface area contributed by atoms with E-state index >= 15 is 0 Å². The summed E-state index contributed by atoms with van der Waals surface area (Å²) >= 11 is 1.28. The van der Waals surface area contributed by atoms with Gasteiger partial charge < -0.3 is 19.4 Å². The smallest absolute Gasteiger partial charge is 0.271 e. The summed E-state index contributed by atoms with van der Waals surface area (Å²) in [6.45, 7) is 1.13. The lowest BCUT2D eigenvalue weighted by Gasteiger charge is -2.10. The van der Waals surface area contributed by atoms with Crippen molar-refractivity contribution in [1.29, 1.82) is 0 Å². The second-order valence-electron chi connectivity index (χ2n) is 6.01. The molecule has 1 heterocycles. The number of aromatic nitrogens is 2. The zero-order valence-electron chi connectivity index (χ0n) is 16.0. The first-order chi connectivity index (χ1) is 14.0. The molecule has 3 aromatic rings. The first-order valence-electron chi connectivity index (χ1n) is 8.72. The topological polar surface area (TPSA) is 109 Å². The summed E-state index contributed by atoms with van der Waals surface area (Å²) in [5, 5.41) is 14.4. The molecule has 0 saturated heterocycles. The molecule has 29 heavy (non-hydrogen) atoms. The molecule has 0 aliphatic carbocycles. The maximum atomic E-state index is 12.5. The number of rotatable bonds is 9. The Kier molecular flexibility index (Phi) is 6.68. The molecule has 0 spiro atoms. The number of nitro groups is 1. The number of nitrogens with one attached hydrogen (secondary N) is 1. The van der Waals surface area contributed by atoms with Crippen LogP contribution >= 0.6 is 11.8 Å². The van der Waals surface area contributed by atoms with Gasteiger partial charge in [0.1, 0.15) is 5.75 Å². The van der Waals surface area contributed by atoms with E-state index in [1.165, 1.54) is 37.1 Å². The summed E-state index contributed by atoms with van der Waals surface area (Å²) in [5.74, 6) is 0.114. The third kappa shape index (κ3) is 4.84. The fraction of sp³-hybridized carbons (Fsp3) is 0.263. The second kappa shape index (κ2) is 9.39. The number of ether oxygens (including phenoxy) is 2. The number of anilines is 1. The van der Waals surface area contributed by atoms with E-state index < -0.39 is 4.92 Å². The van der Waals surface area contributed by atoms with Crippen molar-refractivity contribution in [3.63, 3.8) is 0 Å². The third-order valence-electron chi connectivity index (χ3n) is 4.14. The minimum absolute atomic E-state index is 0.0855. The Morgan fingerprint density at radius 3 is 2.79 bits per heavy atom. The van der Waals surface area contributed by atoms with Crippen molar-refractivity contribution >= 4 is 40.1 Å². The zero-order valence-corrected chi connectivity index (χ0v) is 16.8. The van der Waals surface area contributed by atoms with E-state index in [9.17, 15) is 14.9 Å².